The molecule has 120 valence electrons. The molecule has 1 fully saturated rings. The molecular weight excluding hydrogens is 314 g/mol. The highest BCUT2D eigenvalue weighted by Gasteiger charge is 2.36. The third kappa shape index (κ3) is 3.28. The smallest absolute Gasteiger partial charge is 0.267 e. The van der Waals surface area contributed by atoms with Crippen molar-refractivity contribution in [3.63, 3.8) is 0 Å². The second kappa shape index (κ2) is 6.14. The largest absolute Gasteiger partial charge is 0.371 e. The number of carbonyl (C=O) groups excluding carboxylic acids is 1. The Labute approximate surface area is 135 Å². The van der Waals surface area contributed by atoms with E-state index in [1.165, 1.54) is 12.1 Å². The van der Waals surface area contributed by atoms with Gasteiger partial charge in [-0.05, 0) is 30.7 Å². The molecule has 0 aliphatic carbocycles. The highest BCUT2D eigenvalue weighted by Crippen LogP contribution is 2.23. The van der Waals surface area contributed by atoms with Crippen LogP contribution in [0.3, 0.4) is 0 Å². The minimum Gasteiger partial charge on any atom is -0.371 e. The average Bonchev–Trinajstić information content (AvgIpc) is 3.37. The lowest BCUT2D eigenvalue weighted by atomic mass is 10.1. The molecule has 0 spiro atoms. The molecule has 0 bridgehead atoms. The van der Waals surface area contributed by atoms with Gasteiger partial charge < -0.3 is 4.74 Å². The first-order valence-electron chi connectivity index (χ1n) is 7.29. The summed E-state index contributed by atoms with van der Waals surface area (Å²) in [6, 6.07) is 14.9. The van der Waals surface area contributed by atoms with Crippen LogP contribution in [0.5, 0.6) is 0 Å². The van der Waals surface area contributed by atoms with Gasteiger partial charge >= 0.3 is 0 Å². The van der Waals surface area contributed by atoms with Gasteiger partial charge in [-0.2, -0.15) is 0 Å². The molecule has 2 aromatic rings. The molecule has 0 aromatic heterocycles. The van der Waals surface area contributed by atoms with Crippen molar-refractivity contribution >= 4 is 15.9 Å². The fourth-order valence-electron chi connectivity index (χ4n) is 2.32. The summed E-state index contributed by atoms with van der Waals surface area (Å²) in [7, 11) is -3.92. The lowest BCUT2D eigenvalue weighted by Crippen LogP contribution is -2.39. The first-order chi connectivity index (χ1) is 11.0. The van der Waals surface area contributed by atoms with Crippen LogP contribution < -0.4 is 0 Å². The molecule has 1 heterocycles. The molecule has 1 unspecified atom stereocenters. The number of ether oxygens (including phenoxy) is 1. The van der Waals surface area contributed by atoms with Crippen LogP contribution in [0.2, 0.25) is 0 Å². The first-order valence-corrected chi connectivity index (χ1v) is 8.73. The molecule has 1 amide bonds. The van der Waals surface area contributed by atoms with E-state index >= 15 is 0 Å². The molecule has 1 atom stereocenters. The molecule has 1 aliphatic heterocycles. The van der Waals surface area contributed by atoms with Crippen LogP contribution in [0.15, 0.2) is 59.5 Å². The Morgan fingerprint density at radius 3 is 2.35 bits per heavy atom. The van der Waals surface area contributed by atoms with Gasteiger partial charge in [0.25, 0.3) is 15.9 Å². The Hall–Kier alpha value is -2.18. The Morgan fingerprint density at radius 2 is 1.74 bits per heavy atom. The van der Waals surface area contributed by atoms with E-state index in [1.807, 2.05) is 6.07 Å². The first kappa shape index (κ1) is 15.7. The zero-order valence-corrected chi connectivity index (χ0v) is 13.5. The average molecular weight is 331 g/mol. The summed E-state index contributed by atoms with van der Waals surface area (Å²) in [5, 5.41) is 0. The van der Waals surface area contributed by atoms with Crippen LogP contribution in [0, 0.1) is 6.92 Å². The summed E-state index contributed by atoms with van der Waals surface area (Å²) in [4.78, 5) is 12.9. The standard InChI is InChI=1S/C17H17NO4S/c1-13-7-5-6-10-16(13)17(19)18(11-14-12-22-14)23(20,21)15-8-3-2-4-9-15/h2-10,14H,11-12H2,1H3. The number of aryl methyl sites for hydroxylation is 1. The number of sulfonamides is 1. The topological polar surface area (TPSA) is 67.0 Å². The van der Waals surface area contributed by atoms with Crippen molar-refractivity contribution in [1.82, 2.24) is 4.31 Å². The number of epoxide rings is 1. The van der Waals surface area contributed by atoms with Crippen LogP contribution >= 0.6 is 0 Å². The summed E-state index contributed by atoms with van der Waals surface area (Å²) in [6.07, 6.45) is -0.221. The van der Waals surface area contributed by atoms with E-state index in [2.05, 4.69) is 0 Å². The minimum atomic E-state index is -3.92. The van der Waals surface area contributed by atoms with Crippen LogP contribution in [0.1, 0.15) is 15.9 Å². The molecule has 0 radical (unpaired) electrons. The molecular formula is C17H17NO4S. The van der Waals surface area contributed by atoms with Crippen molar-refractivity contribution in [2.75, 3.05) is 13.2 Å². The zero-order valence-electron chi connectivity index (χ0n) is 12.7. The van der Waals surface area contributed by atoms with E-state index in [0.29, 0.717) is 12.2 Å². The second-order valence-corrected chi connectivity index (χ2v) is 7.29. The number of benzene rings is 2. The Bertz CT molecular complexity index is 813. The summed E-state index contributed by atoms with van der Waals surface area (Å²) < 4.78 is 31.8. The molecule has 1 aliphatic rings. The van der Waals surface area contributed by atoms with Gasteiger partial charge in [0.15, 0.2) is 0 Å². The molecule has 0 N–H and O–H groups in total. The molecule has 2 aromatic carbocycles. The molecule has 5 nitrogen and oxygen atoms in total. The molecule has 3 rings (SSSR count). The normalized spacial score (nSPS) is 16.8. The Balaban J connectivity index is 2.01. The van der Waals surface area contributed by atoms with Crippen molar-refractivity contribution < 1.29 is 17.9 Å². The molecule has 6 heteroatoms. The van der Waals surface area contributed by atoms with Crippen LogP contribution in [0.25, 0.3) is 0 Å². The number of hydrogen-bond donors (Lipinski definition) is 0. The maximum absolute atomic E-state index is 12.9. The highest BCUT2D eigenvalue weighted by molar-refractivity contribution is 7.89. The SMILES string of the molecule is Cc1ccccc1C(=O)N(CC1CO1)S(=O)(=O)c1ccccc1. The second-order valence-electron chi connectivity index (χ2n) is 5.42. The van der Waals surface area contributed by atoms with Gasteiger partial charge in [-0.15, -0.1) is 0 Å². The van der Waals surface area contributed by atoms with Gasteiger partial charge in [0.1, 0.15) is 0 Å². The Kier molecular flexibility index (Phi) is 4.19. The van der Waals surface area contributed by atoms with Crippen molar-refractivity contribution in [2.45, 2.75) is 17.9 Å². The van der Waals surface area contributed by atoms with Gasteiger partial charge in [0.05, 0.1) is 24.2 Å². The minimum absolute atomic E-state index is 0.0321. The lowest BCUT2D eigenvalue weighted by Gasteiger charge is -2.22. The van der Waals surface area contributed by atoms with Gasteiger partial charge in [0.2, 0.25) is 0 Å². The fraction of sp³-hybridized carbons (Fsp3) is 0.235. The molecule has 23 heavy (non-hydrogen) atoms. The van der Waals surface area contributed by atoms with Crippen LogP contribution in [0.4, 0.5) is 0 Å². The van der Waals surface area contributed by atoms with Gasteiger partial charge in [-0.1, -0.05) is 36.4 Å². The molecule has 0 saturated carbocycles. The fourth-order valence-corrected chi connectivity index (χ4v) is 3.75. The van der Waals surface area contributed by atoms with Crippen molar-refractivity contribution in [3.05, 3.63) is 65.7 Å². The maximum atomic E-state index is 12.9. The number of carbonyl (C=O) groups is 1. The number of rotatable bonds is 5. The molecule has 1 saturated heterocycles. The van der Waals surface area contributed by atoms with E-state index in [-0.39, 0.29) is 17.5 Å². The summed E-state index contributed by atoms with van der Waals surface area (Å²) in [5.41, 5.74) is 1.12. The van der Waals surface area contributed by atoms with Gasteiger partial charge in [0, 0.05) is 5.56 Å². The number of hydrogen-bond acceptors (Lipinski definition) is 4. The van der Waals surface area contributed by atoms with E-state index in [0.717, 1.165) is 9.87 Å². The summed E-state index contributed by atoms with van der Waals surface area (Å²) in [5.74, 6) is -0.526. The van der Waals surface area contributed by atoms with Crippen molar-refractivity contribution in [2.24, 2.45) is 0 Å². The van der Waals surface area contributed by atoms with Gasteiger partial charge in [-0.3, -0.25) is 4.79 Å². The number of amides is 1. The quantitative estimate of drug-likeness (QED) is 0.788. The van der Waals surface area contributed by atoms with E-state index in [9.17, 15) is 13.2 Å². The lowest BCUT2D eigenvalue weighted by molar-refractivity contribution is 0.0853. The predicted molar refractivity (Wildman–Crippen MR) is 85.6 cm³/mol. The highest BCUT2D eigenvalue weighted by atomic mass is 32.2. The zero-order chi connectivity index (χ0) is 16.4. The monoisotopic (exact) mass is 331 g/mol. The number of nitrogens with zero attached hydrogens (tertiary/aromatic N) is 1. The summed E-state index contributed by atoms with van der Waals surface area (Å²) in [6.45, 7) is 2.29. The van der Waals surface area contributed by atoms with Gasteiger partial charge in [-0.25, -0.2) is 12.7 Å². The van der Waals surface area contributed by atoms with E-state index in [4.69, 9.17) is 4.74 Å². The van der Waals surface area contributed by atoms with Crippen molar-refractivity contribution in [1.29, 1.82) is 0 Å². The van der Waals surface area contributed by atoms with E-state index < -0.39 is 15.9 Å². The Morgan fingerprint density at radius 1 is 1.13 bits per heavy atom. The van der Waals surface area contributed by atoms with Crippen LogP contribution in [-0.2, 0) is 14.8 Å². The summed E-state index contributed by atoms with van der Waals surface area (Å²) >= 11 is 0. The van der Waals surface area contributed by atoms with Crippen LogP contribution in [-0.4, -0.2) is 37.9 Å². The predicted octanol–water partition coefficient (Wildman–Crippen LogP) is 2.22. The third-order valence-corrected chi connectivity index (χ3v) is 5.47. The third-order valence-electron chi connectivity index (χ3n) is 3.71. The van der Waals surface area contributed by atoms with Crippen molar-refractivity contribution in [3.8, 4) is 0 Å². The maximum Gasteiger partial charge on any atom is 0.267 e. The van der Waals surface area contributed by atoms with E-state index in [1.54, 1.807) is 43.3 Å².